The van der Waals surface area contributed by atoms with E-state index in [1.807, 2.05) is 6.92 Å². The van der Waals surface area contributed by atoms with Crippen LogP contribution in [0, 0.1) is 0 Å². The summed E-state index contributed by atoms with van der Waals surface area (Å²) in [6.07, 6.45) is 1.93. The van der Waals surface area contributed by atoms with Gasteiger partial charge in [0, 0.05) is 25.6 Å². The number of ether oxygens (including phenoxy) is 1. The Kier molecular flexibility index (Phi) is 5.43. The molecule has 4 nitrogen and oxygen atoms in total. The Hall–Kier alpha value is -0.620. The Morgan fingerprint density at radius 1 is 1.40 bits per heavy atom. The summed E-state index contributed by atoms with van der Waals surface area (Å²) in [6, 6.07) is 6.89. The highest BCUT2D eigenvalue weighted by molar-refractivity contribution is 7.89. The van der Waals surface area contributed by atoms with Crippen LogP contribution in [0.25, 0.3) is 0 Å². The second-order valence-corrected chi connectivity index (χ2v) is 7.01. The molecular formula is C14H20ClNO3S. The molecule has 1 heterocycles. The average molecular weight is 318 g/mol. The number of rotatable bonds is 6. The van der Waals surface area contributed by atoms with Crippen LogP contribution >= 0.6 is 11.6 Å². The molecule has 0 amide bonds. The van der Waals surface area contributed by atoms with E-state index in [9.17, 15) is 8.42 Å². The fraction of sp³-hybridized carbons (Fsp3) is 0.571. The Bertz CT molecular complexity index is 541. The van der Waals surface area contributed by atoms with E-state index in [1.54, 1.807) is 24.3 Å². The van der Waals surface area contributed by atoms with Gasteiger partial charge in [-0.15, -0.1) is 11.6 Å². The van der Waals surface area contributed by atoms with Crippen molar-refractivity contribution in [1.29, 1.82) is 0 Å². The van der Waals surface area contributed by atoms with Crippen molar-refractivity contribution in [2.24, 2.45) is 0 Å². The summed E-state index contributed by atoms with van der Waals surface area (Å²) in [5.74, 6) is 0.187. The van der Waals surface area contributed by atoms with Crippen LogP contribution in [0.5, 0.6) is 0 Å². The number of benzene rings is 1. The van der Waals surface area contributed by atoms with Gasteiger partial charge in [-0.2, -0.15) is 4.31 Å². The van der Waals surface area contributed by atoms with E-state index in [2.05, 4.69) is 0 Å². The highest BCUT2D eigenvalue weighted by Crippen LogP contribution is 2.23. The van der Waals surface area contributed by atoms with Crippen molar-refractivity contribution >= 4 is 21.6 Å². The Labute approximate surface area is 125 Å². The van der Waals surface area contributed by atoms with Gasteiger partial charge in [-0.3, -0.25) is 0 Å². The molecule has 1 aliphatic rings. The monoisotopic (exact) mass is 317 g/mol. The molecule has 112 valence electrons. The van der Waals surface area contributed by atoms with Crippen LogP contribution in [0.15, 0.2) is 29.2 Å². The second kappa shape index (κ2) is 6.89. The third-order valence-corrected chi connectivity index (χ3v) is 5.85. The fourth-order valence-corrected chi connectivity index (χ4v) is 4.43. The molecule has 1 unspecified atom stereocenters. The molecule has 1 aromatic rings. The van der Waals surface area contributed by atoms with Gasteiger partial charge in [0.15, 0.2) is 0 Å². The van der Waals surface area contributed by atoms with E-state index in [1.165, 1.54) is 4.31 Å². The maximum Gasteiger partial charge on any atom is 0.243 e. The van der Waals surface area contributed by atoms with Gasteiger partial charge >= 0.3 is 0 Å². The predicted molar refractivity (Wildman–Crippen MR) is 79.4 cm³/mol. The Morgan fingerprint density at radius 3 is 2.75 bits per heavy atom. The summed E-state index contributed by atoms with van der Waals surface area (Å²) < 4.78 is 32.5. The molecule has 1 fully saturated rings. The van der Waals surface area contributed by atoms with Gasteiger partial charge in [0.2, 0.25) is 10.0 Å². The summed E-state index contributed by atoms with van der Waals surface area (Å²) in [7, 11) is -3.51. The van der Waals surface area contributed by atoms with E-state index in [0.29, 0.717) is 23.5 Å². The number of likely N-dealkylation sites (N-methyl/N-ethyl adjacent to an activating group) is 1. The van der Waals surface area contributed by atoms with Gasteiger partial charge in [-0.05, 0) is 24.5 Å². The van der Waals surface area contributed by atoms with E-state index < -0.39 is 10.0 Å². The van der Waals surface area contributed by atoms with Crippen molar-refractivity contribution in [2.75, 3.05) is 19.7 Å². The molecule has 1 aromatic carbocycles. The van der Waals surface area contributed by atoms with Gasteiger partial charge in [-0.1, -0.05) is 25.1 Å². The third-order valence-electron chi connectivity index (χ3n) is 3.52. The van der Waals surface area contributed by atoms with Crippen LogP contribution < -0.4 is 0 Å². The van der Waals surface area contributed by atoms with E-state index in [-0.39, 0.29) is 12.0 Å². The predicted octanol–water partition coefficient (Wildman–Crippen LogP) is 2.62. The first kappa shape index (κ1) is 15.8. The van der Waals surface area contributed by atoms with Crippen LogP contribution in [-0.4, -0.2) is 38.5 Å². The van der Waals surface area contributed by atoms with Gasteiger partial charge in [0.1, 0.15) is 0 Å². The molecule has 0 saturated carbocycles. The zero-order valence-electron chi connectivity index (χ0n) is 11.6. The van der Waals surface area contributed by atoms with Crippen molar-refractivity contribution in [2.45, 2.75) is 36.6 Å². The number of sulfonamides is 1. The lowest BCUT2D eigenvalue weighted by Crippen LogP contribution is -2.37. The van der Waals surface area contributed by atoms with Gasteiger partial charge < -0.3 is 4.74 Å². The minimum Gasteiger partial charge on any atom is -0.377 e. The molecule has 20 heavy (non-hydrogen) atoms. The highest BCUT2D eigenvalue weighted by Gasteiger charge is 2.29. The largest absolute Gasteiger partial charge is 0.377 e. The molecule has 1 aliphatic heterocycles. The molecule has 6 heteroatoms. The number of hydrogen-bond donors (Lipinski definition) is 0. The molecule has 0 N–H and O–H groups in total. The van der Waals surface area contributed by atoms with Gasteiger partial charge in [0.05, 0.1) is 11.0 Å². The normalized spacial score (nSPS) is 19.6. The topological polar surface area (TPSA) is 46.6 Å². The smallest absolute Gasteiger partial charge is 0.243 e. The molecule has 2 rings (SSSR count). The fourth-order valence-electron chi connectivity index (χ4n) is 2.42. The molecule has 1 atom stereocenters. The number of nitrogens with zero attached hydrogens (tertiary/aromatic N) is 1. The summed E-state index contributed by atoms with van der Waals surface area (Å²) in [6.45, 7) is 3.41. The minimum atomic E-state index is -3.51. The van der Waals surface area contributed by atoms with Crippen LogP contribution in [-0.2, 0) is 20.6 Å². The Morgan fingerprint density at radius 2 is 2.15 bits per heavy atom. The van der Waals surface area contributed by atoms with Crippen molar-refractivity contribution in [3.8, 4) is 0 Å². The number of hydrogen-bond acceptors (Lipinski definition) is 3. The second-order valence-electron chi connectivity index (χ2n) is 4.83. The quantitative estimate of drug-likeness (QED) is 0.758. The van der Waals surface area contributed by atoms with E-state index in [0.717, 1.165) is 19.4 Å². The van der Waals surface area contributed by atoms with Crippen LogP contribution in [0.2, 0.25) is 0 Å². The molecule has 0 aromatic heterocycles. The first-order chi connectivity index (χ1) is 9.59. The van der Waals surface area contributed by atoms with Crippen LogP contribution in [0.4, 0.5) is 0 Å². The highest BCUT2D eigenvalue weighted by atomic mass is 35.5. The average Bonchev–Trinajstić information content (AvgIpc) is 2.97. The molecule has 1 saturated heterocycles. The first-order valence-corrected chi connectivity index (χ1v) is 8.82. The molecular weight excluding hydrogens is 298 g/mol. The van der Waals surface area contributed by atoms with Crippen molar-refractivity contribution in [3.05, 3.63) is 29.8 Å². The lowest BCUT2D eigenvalue weighted by molar-refractivity contribution is 0.0946. The summed E-state index contributed by atoms with van der Waals surface area (Å²) in [5.41, 5.74) is 0.639. The van der Waals surface area contributed by atoms with E-state index >= 15 is 0 Å². The lowest BCUT2D eigenvalue weighted by atomic mass is 10.2. The Balaban J connectivity index is 2.26. The van der Waals surface area contributed by atoms with Crippen molar-refractivity contribution in [1.82, 2.24) is 4.31 Å². The summed E-state index contributed by atoms with van der Waals surface area (Å²) in [4.78, 5) is 0.301. The van der Waals surface area contributed by atoms with Crippen molar-refractivity contribution < 1.29 is 13.2 Å². The number of alkyl halides is 1. The minimum absolute atomic E-state index is 0.00730. The first-order valence-electron chi connectivity index (χ1n) is 6.85. The molecule has 0 spiro atoms. The zero-order valence-corrected chi connectivity index (χ0v) is 13.2. The zero-order chi connectivity index (χ0) is 14.6. The van der Waals surface area contributed by atoms with Crippen LogP contribution in [0.3, 0.4) is 0 Å². The summed E-state index contributed by atoms with van der Waals surface area (Å²) >= 11 is 5.85. The molecule has 0 bridgehead atoms. The lowest BCUT2D eigenvalue weighted by Gasteiger charge is -2.24. The van der Waals surface area contributed by atoms with Gasteiger partial charge in [0.25, 0.3) is 0 Å². The standard InChI is InChI=1S/C14H20ClNO3S/c1-2-16(11-13-7-5-9-19-13)20(17,18)14-8-4-3-6-12(14)10-15/h3-4,6,8,13H,2,5,7,9-11H2,1H3. The third kappa shape index (κ3) is 3.34. The van der Waals surface area contributed by atoms with Crippen molar-refractivity contribution in [3.63, 3.8) is 0 Å². The number of halogens is 1. The van der Waals surface area contributed by atoms with Crippen LogP contribution in [0.1, 0.15) is 25.3 Å². The summed E-state index contributed by atoms with van der Waals surface area (Å²) in [5, 5.41) is 0. The SMILES string of the molecule is CCN(CC1CCCO1)S(=O)(=O)c1ccccc1CCl. The molecule has 0 radical (unpaired) electrons. The molecule has 0 aliphatic carbocycles. The van der Waals surface area contributed by atoms with Gasteiger partial charge in [-0.25, -0.2) is 8.42 Å². The maximum absolute atomic E-state index is 12.7. The van der Waals surface area contributed by atoms with E-state index in [4.69, 9.17) is 16.3 Å². The maximum atomic E-state index is 12.7.